The van der Waals surface area contributed by atoms with E-state index in [1.165, 1.54) is 28.4 Å². The third-order valence-electron chi connectivity index (χ3n) is 2.63. The molecule has 4 nitrogen and oxygen atoms in total. The van der Waals surface area contributed by atoms with Gasteiger partial charge in [0.05, 0.1) is 11.3 Å². The predicted molar refractivity (Wildman–Crippen MR) is 75.3 cm³/mol. The highest BCUT2D eigenvalue weighted by Gasteiger charge is 2.30. The normalized spacial score (nSPS) is 11.3. The average Bonchev–Trinajstić information content (AvgIpc) is 2.86. The summed E-state index contributed by atoms with van der Waals surface area (Å²) >= 11 is 1.21. The second kappa shape index (κ2) is 5.72. The SMILES string of the molecule is CN(C)C(=O)Nc1nc(-c2ccc(C(F)(F)F)cc2)cs1. The zero-order chi connectivity index (χ0) is 15.6. The Labute approximate surface area is 123 Å². The number of thiazole rings is 1. The predicted octanol–water partition coefficient (Wildman–Crippen LogP) is 3.92. The lowest BCUT2D eigenvalue weighted by molar-refractivity contribution is -0.137. The molecule has 0 radical (unpaired) electrons. The van der Waals surface area contributed by atoms with Gasteiger partial charge in [-0.3, -0.25) is 5.32 Å². The molecule has 2 aromatic rings. The molecular formula is C13H12F3N3OS. The van der Waals surface area contributed by atoms with Crippen LogP contribution in [0.2, 0.25) is 0 Å². The summed E-state index contributed by atoms with van der Waals surface area (Å²) in [5.41, 5.74) is 0.370. The summed E-state index contributed by atoms with van der Waals surface area (Å²) in [5, 5.41) is 4.65. The Morgan fingerprint density at radius 3 is 2.38 bits per heavy atom. The van der Waals surface area contributed by atoms with Gasteiger partial charge in [0.1, 0.15) is 0 Å². The first-order valence-corrected chi connectivity index (χ1v) is 6.77. The van der Waals surface area contributed by atoms with Gasteiger partial charge >= 0.3 is 12.2 Å². The molecule has 1 N–H and O–H groups in total. The monoisotopic (exact) mass is 315 g/mol. The first-order chi connectivity index (χ1) is 9.77. The number of nitrogens with zero attached hydrogens (tertiary/aromatic N) is 2. The third kappa shape index (κ3) is 3.72. The molecule has 2 rings (SSSR count). The van der Waals surface area contributed by atoms with Crippen molar-refractivity contribution in [1.29, 1.82) is 0 Å². The molecule has 0 aliphatic rings. The van der Waals surface area contributed by atoms with E-state index in [2.05, 4.69) is 10.3 Å². The van der Waals surface area contributed by atoms with Gasteiger partial charge in [-0.15, -0.1) is 11.3 Å². The first-order valence-electron chi connectivity index (χ1n) is 5.89. The fourth-order valence-electron chi connectivity index (χ4n) is 1.50. The van der Waals surface area contributed by atoms with E-state index in [0.29, 0.717) is 16.4 Å². The number of hydrogen-bond donors (Lipinski definition) is 1. The summed E-state index contributed by atoms with van der Waals surface area (Å²) in [4.78, 5) is 17.0. The van der Waals surface area contributed by atoms with Crippen molar-refractivity contribution < 1.29 is 18.0 Å². The van der Waals surface area contributed by atoms with Crippen molar-refractivity contribution in [2.45, 2.75) is 6.18 Å². The van der Waals surface area contributed by atoms with Crippen LogP contribution >= 0.6 is 11.3 Å². The van der Waals surface area contributed by atoms with E-state index in [1.54, 1.807) is 19.5 Å². The number of nitrogens with one attached hydrogen (secondary N) is 1. The molecule has 1 heterocycles. The molecule has 2 amide bonds. The van der Waals surface area contributed by atoms with Crippen LogP contribution in [0.25, 0.3) is 11.3 Å². The number of carbonyl (C=O) groups is 1. The number of benzene rings is 1. The number of halogens is 3. The Morgan fingerprint density at radius 2 is 1.86 bits per heavy atom. The van der Waals surface area contributed by atoms with Crippen molar-refractivity contribution in [3.8, 4) is 11.3 Å². The minimum atomic E-state index is -4.36. The molecule has 0 saturated heterocycles. The largest absolute Gasteiger partial charge is 0.416 e. The van der Waals surface area contributed by atoms with Crippen LogP contribution in [-0.2, 0) is 6.18 Å². The molecule has 112 valence electrons. The molecular weight excluding hydrogens is 303 g/mol. The van der Waals surface area contributed by atoms with Crippen molar-refractivity contribution in [3.63, 3.8) is 0 Å². The smallest absolute Gasteiger partial charge is 0.331 e. The number of hydrogen-bond acceptors (Lipinski definition) is 3. The Hall–Kier alpha value is -2.09. The van der Waals surface area contributed by atoms with Gasteiger partial charge in [-0.2, -0.15) is 13.2 Å². The van der Waals surface area contributed by atoms with Gasteiger partial charge in [0, 0.05) is 25.0 Å². The van der Waals surface area contributed by atoms with Gasteiger partial charge in [-0.05, 0) is 12.1 Å². The topological polar surface area (TPSA) is 45.2 Å². The molecule has 0 fully saturated rings. The molecule has 8 heteroatoms. The van der Waals surface area contributed by atoms with E-state index in [0.717, 1.165) is 12.1 Å². The summed E-state index contributed by atoms with van der Waals surface area (Å²) in [6.45, 7) is 0. The van der Waals surface area contributed by atoms with Crippen LogP contribution in [-0.4, -0.2) is 30.0 Å². The van der Waals surface area contributed by atoms with Crippen LogP contribution in [0.15, 0.2) is 29.6 Å². The van der Waals surface area contributed by atoms with E-state index >= 15 is 0 Å². The van der Waals surface area contributed by atoms with Gasteiger partial charge in [-0.1, -0.05) is 12.1 Å². The molecule has 0 aliphatic heterocycles. The number of alkyl halides is 3. The highest BCUT2D eigenvalue weighted by atomic mass is 32.1. The summed E-state index contributed by atoms with van der Waals surface area (Å²) < 4.78 is 37.4. The third-order valence-corrected chi connectivity index (χ3v) is 3.39. The van der Waals surface area contributed by atoms with Gasteiger partial charge in [0.2, 0.25) is 0 Å². The Kier molecular flexibility index (Phi) is 4.17. The maximum atomic E-state index is 12.5. The second-order valence-corrected chi connectivity index (χ2v) is 5.30. The quantitative estimate of drug-likeness (QED) is 0.913. The fraction of sp³-hybridized carbons (Fsp3) is 0.231. The van der Waals surface area contributed by atoms with E-state index in [9.17, 15) is 18.0 Å². The van der Waals surface area contributed by atoms with Crippen molar-refractivity contribution >= 4 is 22.5 Å². The van der Waals surface area contributed by atoms with E-state index < -0.39 is 11.7 Å². The van der Waals surface area contributed by atoms with Gasteiger partial charge in [-0.25, -0.2) is 9.78 Å². The van der Waals surface area contributed by atoms with Gasteiger partial charge in [0.15, 0.2) is 5.13 Å². The molecule has 1 aromatic heterocycles. The maximum Gasteiger partial charge on any atom is 0.416 e. The van der Waals surface area contributed by atoms with Crippen LogP contribution in [0.4, 0.5) is 23.1 Å². The lowest BCUT2D eigenvalue weighted by atomic mass is 10.1. The van der Waals surface area contributed by atoms with E-state index in [4.69, 9.17) is 0 Å². The number of anilines is 1. The Morgan fingerprint density at radius 1 is 1.24 bits per heavy atom. The van der Waals surface area contributed by atoms with Gasteiger partial charge in [0.25, 0.3) is 0 Å². The minimum Gasteiger partial charge on any atom is -0.331 e. The fourth-order valence-corrected chi connectivity index (χ4v) is 2.21. The number of aromatic nitrogens is 1. The van der Waals surface area contributed by atoms with Crippen LogP contribution in [0.3, 0.4) is 0 Å². The van der Waals surface area contributed by atoms with Crippen LogP contribution < -0.4 is 5.32 Å². The standard InChI is InChI=1S/C13H12F3N3OS/c1-19(2)12(20)18-11-17-10(7-21-11)8-3-5-9(6-4-8)13(14,15)16/h3-7H,1-2H3,(H,17,18,20). The maximum absolute atomic E-state index is 12.5. The van der Waals surface area contributed by atoms with E-state index in [-0.39, 0.29) is 6.03 Å². The first kappa shape index (κ1) is 15.3. The highest BCUT2D eigenvalue weighted by molar-refractivity contribution is 7.14. The number of rotatable bonds is 2. The van der Waals surface area contributed by atoms with Crippen molar-refractivity contribution in [3.05, 3.63) is 35.2 Å². The van der Waals surface area contributed by atoms with Crippen LogP contribution in [0.1, 0.15) is 5.56 Å². The van der Waals surface area contributed by atoms with Crippen molar-refractivity contribution in [2.24, 2.45) is 0 Å². The molecule has 0 bridgehead atoms. The summed E-state index contributed by atoms with van der Waals surface area (Å²) in [7, 11) is 3.19. The zero-order valence-corrected chi connectivity index (χ0v) is 12.0. The molecule has 0 unspecified atom stereocenters. The lowest BCUT2D eigenvalue weighted by Crippen LogP contribution is -2.27. The average molecular weight is 315 g/mol. The molecule has 0 atom stereocenters. The van der Waals surface area contributed by atoms with Crippen molar-refractivity contribution in [2.75, 3.05) is 19.4 Å². The summed E-state index contributed by atoms with van der Waals surface area (Å²) in [6, 6.07) is 4.41. The Bertz CT molecular complexity index is 635. The summed E-state index contributed by atoms with van der Waals surface area (Å²) in [6.07, 6.45) is -4.36. The molecule has 0 spiro atoms. The number of urea groups is 1. The highest BCUT2D eigenvalue weighted by Crippen LogP contribution is 2.31. The summed E-state index contributed by atoms with van der Waals surface area (Å²) in [5.74, 6) is 0. The number of amides is 2. The minimum absolute atomic E-state index is 0.316. The second-order valence-electron chi connectivity index (χ2n) is 4.44. The molecule has 1 aromatic carbocycles. The van der Waals surface area contributed by atoms with Crippen LogP contribution in [0.5, 0.6) is 0 Å². The molecule has 0 aliphatic carbocycles. The van der Waals surface area contributed by atoms with Gasteiger partial charge < -0.3 is 4.90 Å². The Balaban J connectivity index is 2.16. The molecule has 21 heavy (non-hydrogen) atoms. The van der Waals surface area contributed by atoms with E-state index in [1.807, 2.05) is 0 Å². The lowest BCUT2D eigenvalue weighted by Gasteiger charge is -2.09. The van der Waals surface area contributed by atoms with Crippen LogP contribution in [0, 0.1) is 0 Å². The zero-order valence-electron chi connectivity index (χ0n) is 11.2. The number of carbonyl (C=O) groups excluding carboxylic acids is 1. The van der Waals surface area contributed by atoms with Crippen molar-refractivity contribution in [1.82, 2.24) is 9.88 Å². The molecule has 0 saturated carbocycles.